The van der Waals surface area contributed by atoms with Crippen LogP contribution in [0, 0.1) is 5.82 Å². The van der Waals surface area contributed by atoms with E-state index >= 15 is 0 Å². The molecule has 0 aliphatic carbocycles. The number of esters is 1. The molecule has 122 valence electrons. The highest BCUT2D eigenvalue weighted by Crippen LogP contribution is 2.22. The predicted octanol–water partition coefficient (Wildman–Crippen LogP) is 4.18. The number of ether oxygens (including phenoxy) is 1. The molecule has 0 aliphatic rings. The molecule has 1 aromatic heterocycles. The van der Waals surface area contributed by atoms with Crippen molar-refractivity contribution in [3.63, 3.8) is 0 Å². The second kappa shape index (κ2) is 7.08. The summed E-state index contributed by atoms with van der Waals surface area (Å²) in [5, 5.41) is 4.43. The molecule has 3 rings (SSSR count). The minimum Gasteiger partial charge on any atom is -0.404 e. The Hall–Kier alpha value is -2.95. The Kier molecular flexibility index (Phi) is 4.70. The van der Waals surface area contributed by atoms with Crippen molar-refractivity contribution in [1.29, 1.82) is 0 Å². The van der Waals surface area contributed by atoms with E-state index in [4.69, 9.17) is 4.74 Å². The first-order valence-electron chi connectivity index (χ1n) is 7.79. The van der Waals surface area contributed by atoms with Gasteiger partial charge in [-0.25, -0.2) is 13.9 Å². The van der Waals surface area contributed by atoms with Gasteiger partial charge in [0.05, 0.1) is 16.9 Å². The van der Waals surface area contributed by atoms with Gasteiger partial charge in [0.1, 0.15) is 5.82 Å². The lowest BCUT2D eigenvalue weighted by molar-refractivity contribution is 0.0723. The van der Waals surface area contributed by atoms with E-state index < -0.39 is 5.97 Å². The van der Waals surface area contributed by atoms with Gasteiger partial charge in [0.25, 0.3) is 0 Å². The normalized spacial score (nSPS) is 10.6. The highest BCUT2D eigenvalue weighted by molar-refractivity contribution is 5.90. The van der Waals surface area contributed by atoms with Crippen LogP contribution in [0.2, 0.25) is 0 Å². The second-order valence-corrected chi connectivity index (χ2v) is 5.37. The molecule has 0 atom stereocenters. The fourth-order valence-electron chi connectivity index (χ4n) is 2.38. The summed E-state index contributed by atoms with van der Waals surface area (Å²) in [6.45, 7) is 2.04. The maximum absolute atomic E-state index is 13.5. The maximum Gasteiger partial charge on any atom is 0.344 e. The van der Waals surface area contributed by atoms with Crippen LogP contribution in [0.3, 0.4) is 0 Å². The number of benzene rings is 2. The molecule has 0 amide bonds. The van der Waals surface area contributed by atoms with Crippen LogP contribution in [-0.2, 0) is 6.42 Å². The summed E-state index contributed by atoms with van der Waals surface area (Å²) in [7, 11) is 0. The van der Waals surface area contributed by atoms with Gasteiger partial charge in [-0.3, -0.25) is 0 Å². The SMILES string of the molecule is CCCc1cc(OC(=O)c2ccccc2)n(-c2cccc(F)c2)n1. The average molecular weight is 324 g/mol. The molecule has 0 saturated heterocycles. The van der Waals surface area contributed by atoms with Gasteiger partial charge in [0, 0.05) is 6.07 Å². The van der Waals surface area contributed by atoms with Crippen molar-refractivity contribution in [1.82, 2.24) is 9.78 Å². The molecule has 0 N–H and O–H groups in total. The summed E-state index contributed by atoms with van der Waals surface area (Å²) >= 11 is 0. The average Bonchev–Trinajstić information content (AvgIpc) is 2.98. The highest BCUT2D eigenvalue weighted by atomic mass is 19.1. The molecule has 0 saturated carbocycles. The van der Waals surface area contributed by atoms with Crippen molar-refractivity contribution in [3.8, 4) is 11.6 Å². The van der Waals surface area contributed by atoms with Crippen LogP contribution in [-0.4, -0.2) is 15.7 Å². The number of carbonyl (C=O) groups is 1. The lowest BCUT2D eigenvalue weighted by Gasteiger charge is -2.08. The third-order valence-electron chi connectivity index (χ3n) is 3.49. The minimum atomic E-state index is -0.476. The van der Waals surface area contributed by atoms with Gasteiger partial charge in [-0.1, -0.05) is 37.6 Å². The van der Waals surface area contributed by atoms with Crippen molar-refractivity contribution < 1.29 is 13.9 Å². The molecule has 0 fully saturated rings. The molecule has 0 bridgehead atoms. The van der Waals surface area contributed by atoms with E-state index in [2.05, 4.69) is 5.10 Å². The molecule has 2 aromatic carbocycles. The number of aryl methyl sites for hydroxylation is 1. The van der Waals surface area contributed by atoms with Crippen LogP contribution in [0.1, 0.15) is 29.4 Å². The maximum atomic E-state index is 13.5. The zero-order chi connectivity index (χ0) is 16.9. The predicted molar refractivity (Wildman–Crippen MR) is 88.9 cm³/mol. The first-order valence-corrected chi connectivity index (χ1v) is 7.79. The van der Waals surface area contributed by atoms with Gasteiger partial charge in [0.15, 0.2) is 0 Å². The highest BCUT2D eigenvalue weighted by Gasteiger charge is 2.16. The number of carbonyl (C=O) groups excluding carboxylic acids is 1. The summed E-state index contributed by atoms with van der Waals surface area (Å²) in [5.74, 6) is -0.575. The molecular formula is C19H17FN2O2. The molecule has 5 heteroatoms. The Balaban J connectivity index is 1.95. The lowest BCUT2D eigenvalue weighted by atomic mass is 10.2. The number of rotatable bonds is 5. The van der Waals surface area contributed by atoms with Crippen molar-refractivity contribution in [2.45, 2.75) is 19.8 Å². The first-order chi connectivity index (χ1) is 11.7. The van der Waals surface area contributed by atoms with Crippen LogP contribution < -0.4 is 4.74 Å². The Morgan fingerprint density at radius 1 is 1.12 bits per heavy atom. The largest absolute Gasteiger partial charge is 0.404 e. The summed E-state index contributed by atoms with van der Waals surface area (Å²) in [6.07, 6.45) is 1.66. The summed E-state index contributed by atoms with van der Waals surface area (Å²) in [4.78, 5) is 12.3. The minimum absolute atomic E-state index is 0.276. The fourth-order valence-corrected chi connectivity index (χ4v) is 2.38. The van der Waals surface area contributed by atoms with Gasteiger partial charge in [0.2, 0.25) is 5.88 Å². The van der Waals surface area contributed by atoms with Crippen LogP contribution in [0.4, 0.5) is 4.39 Å². The molecule has 1 heterocycles. The molecule has 24 heavy (non-hydrogen) atoms. The topological polar surface area (TPSA) is 44.1 Å². The van der Waals surface area contributed by atoms with E-state index in [9.17, 15) is 9.18 Å². The van der Waals surface area contributed by atoms with E-state index in [0.717, 1.165) is 18.5 Å². The number of hydrogen-bond donors (Lipinski definition) is 0. The molecule has 4 nitrogen and oxygen atoms in total. The Bertz CT molecular complexity index is 844. The molecule has 0 unspecified atom stereocenters. The number of halogens is 1. The van der Waals surface area contributed by atoms with E-state index in [-0.39, 0.29) is 11.7 Å². The zero-order valence-corrected chi connectivity index (χ0v) is 13.3. The third-order valence-corrected chi connectivity index (χ3v) is 3.49. The Labute approximate surface area is 139 Å². The van der Waals surface area contributed by atoms with Crippen molar-refractivity contribution >= 4 is 5.97 Å². The quantitative estimate of drug-likeness (QED) is 0.661. The molecule has 3 aromatic rings. The molecule has 0 aliphatic heterocycles. The Morgan fingerprint density at radius 3 is 2.62 bits per heavy atom. The van der Waals surface area contributed by atoms with E-state index in [1.54, 1.807) is 42.5 Å². The lowest BCUT2D eigenvalue weighted by Crippen LogP contribution is -2.11. The van der Waals surface area contributed by atoms with E-state index in [1.165, 1.54) is 16.8 Å². The summed E-state index contributed by atoms with van der Waals surface area (Å²) < 4.78 is 20.5. The van der Waals surface area contributed by atoms with Crippen LogP contribution in [0.5, 0.6) is 5.88 Å². The smallest absolute Gasteiger partial charge is 0.344 e. The van der Waals surface area contributed by atoms with Crippen LogP contribution in [0.25, 0.3) is 5.69 Å². The monoisotopic (exact) mass is 324 g/mol. The second-order valence-electron chi connectivity index (χ2n) is 5.37. The fraction of sp³-hybridized carbons (Fsp3) is 0.158. The van der Waals surface area contributed by atoms with Gasteiger partial charge in [-0.2, -0.15) is 5.10 Å². The number of aromatic nitrogens is 2. The molecule has 0 spiro atoms. The molecular weight excluding hydrogens is 307 g/mol. The van der Waals surface area contributed by atoms with Crippen LogP contribution >= 0.6 is 0 Å². The first kappa shape index (κ1) is 15.9. The van der Waals surface area contributed by atoms with E-state index in [1.807, 2.05) is 13.0 Å². The van der Waals surface area contributed by atoms with Gasteiger partial charge in [-0.15, -0.1) is 0 Å². The third kappa shape index (κ3) is 3.51. The van der Waals surface area contributed by atoms with Gasteiger partial charge < -0.3 is 4.74 Å². The van der Waals surface area contributed by atoms with Gasteiger partial charge >= 0.3 is 5.97 Å². The number of nitrogens with zero attached hydrogens (tertiary/aromatic N) is 2. The summed E-state index contributed by atoms with van der Waals surface area (Å²) in [5.41, 5.74) is 1.74. The zero-order valence-electron chi connectivity index (χ0n) is 13.3. The standard InChI is InChI=1S/C19H17FN2O2/c1-2-7-16-13-18(24-19(23)14-8-4-3-5-9-14)22(21-16)17-11-6-10-15(20)12-17/h3-6,8-13H,2,7H2,1H3. The van der Waals surface area contributed by atoms with Crippen molar-refractivity contribution in [2.75, 3.05) is 0 Å². The van der Waals surface area contributed by atoms with Crippen molar-refractivity contribution in [2.24, 2.45) is 0 Å². The molecule has 0 radical (unpaired) electrons. The van der Waals surface area contributed by atoms with Crippen LogP contribution in [0.15, 0.2) is 60.7 Å². The summed E-state index contributed by atoms with van der Waals surface area (Å²) in [6, 6.07) is 16.4. The number of hydrogen-bond acceptors (Lipinski definition) is 3. The van der Waals surface area contributed by atoms with Crippen molar-refractivity contribution in [3.05, 3.63) is 77.7 Å². The van der Waals surface area contributed by atoms with E-state index in [0.29, 0.717) is 11.3 Å². The van der Waals surface area contributed by atoms with Gasteiger partial charge in [-0.05, 0) is 36.8 Å². The Morgan fingerprint density at radius 2 is 1.92 bits per heavy atom.